The van der Waals surface area contributed by atoms with Gasteiger partial charge in [0, 0.05) is 24.4 Å². The van der Waals surface area contributed by atoms with Crippen molar-refractivity contribution in [1.82, 2.24) is 4.57 Å². The molecule has 0 bridgehead atoms. The normalized spacial score (nSPS) is 18.4. The van der Waals surface area contributed by atoms with Crippen LogP contribution in [-0.2, 0) is 24.3 Å². The molecule has 3 heteroatoms. The number of pyridine rings is 1. The summed E-state index contributed by atoms with van der Waals surface area (Å²) in [6.45, 7) is 1.95. The molecule has 2 aliphatic rings. The van der Waals surface area contributed by atoms with Gasteiger partial charge in [-0.3, -0.25) is 4.79 Å². The van der Waals surface area contributed by atoms with E-state index in [0.717, 1.165) is 30.7 Å². The Labute approximate surface area is 88.0 Å². The topological polar surface area (TPSA) is 31.2 Å². The van der Waals surface area contributed by atoms with Crippen molar-refractivity contribution < 1.29 is 4.74 Å². The highest BCUT2D eigenvalue weighted by atomic mass is 16.5. The Kier molecular flexibility index (Phi) is 1.99. The van der Waals surface area contributed by atoms with Crippen molar-refractivity contribution in [3.63, 3.8) is 0 Å². The second-order valence-electron chi connectivity index (χ2n) is 4.05. The molecule has 0 spiro atoms. The largest absolute Gasteiger partial charge is 0.377 e. The van der Waals surface area contributed by atoms with E-state index in [-0.39, 0.29) is 5.56 Å². The number of nitrogens with zero attached hydrogens (tertiary/aromatic N) is 1. The summed E-state index contributed by atoms with van der Waals surface area (Å²) in [4.78, 5) is 12.1. The van der Waals surface area contributed by atoms with Gasteiger partial charge in [-0.1, -0.05) is 6.08 Å². The van der Waals surface area contributed by atoms with E-state index in [1.54, 1.807) is 0 Å². The lowest BCUT2D eigenvalue weighted by Gasteiger charge is -2.09. The summed E-state index contributed by atoms with van der Waals surface area (Å²) in [6, 6.07) is 2.13. The Morgan fingerprint density at radius 1 is 1.40 bits per heavy atom. The summed E-state index contributed by atoms with van der Waals surface area (Å²) in [7, 11) is 0. The maximum absolute atomic E-state index is 12.1. The highest BCUT2D eigenvalue weighted by Crippen LogP contribution is 2.18. The maximum atomic E-state index is 12.1. The molecule has 0 atom stereocenters. The minimum absolute atomic E-state index is 0.134. The molecule has 78 valence electrons. The van der Waals surface area contributed by atoms with Gasteiger partial charge < -0.3 is 9.30 Å². The monoisotopic (exact) mass is 203 g/mol. The van der Waals surface area contributed by atoms with Crippen LogP contribution < -0.4 is 5.56 Å². The standard InChI is InChI=1S/C12H13NO2/c14-12-11-8-15-6-2-3-9(11)7-10-4-1-5-13(10)12/h1,4,7H,2-3,5-6,8H2. The third-order valence-electron chi connectivity index (χ3n) is 3.08. The van der Waals surface area contributed by atoms with Gasteiger partial charge in [-0.25, -0.2) is 0 Å². The quantitative estimate of drug-likeness (QED) is 0.637. The maximum Gasteiger partial charge on any atom is 0.257 e. The number of ether oxygens (including phenoxy) is 1. The minimum atomic E-state index is 0.134. The fourth-order valence-electron chi connectivity index (χ4n) is 2.28. The first-order chi connectivity index (χ1) is 7.36. The van der Waals surface area contributed by atoms with Gasteiger partial charge in [0.15, 0.2) is 0 Å². The lowest BCUT2D eigenvalue weighted by Crippen LogP contribution is -2.25. The average Bonchev–Trinajstić information content (AvgIpc) is 2.56. The lowest BCUT2D eigenvalue weighted by molar-refractivity contribution is 0.124. The molecule has 2 aliphatic heterocycles. The van der Waals surface area contributed by atoms with Gasteiger partial charge in [-0.05, 0) is 30.5 Å². The van der Waals surface area contributed by atoms with Crippen molar-refractivity contribution in [1.29, 1.82) is 0 Å². The number of rotatable bonds is 0. The predicted octanol–water partition coefficient (Wildman–Crippen LogP) is 1.34. The van der Waals surface area contributed by atoms with Gasteiger partial charge >= 0.3 is 0 Å². The van der Waals surface area contributed by atoms with E-state index in [0.29, 0.717) is 13.2 Å². The Balaban J connectivity index is 2.22. The minimum Gasteiger partial charge on any atom is -0.377 e. The summed E-state index contributed by atoms with van der Waals surface area (Å²) in [5.74, 6) is 0. The third-order valence-corrected chi connectivity index (χ3v) is 3.08. The van der Waals surface area contributed by atoms with Crippen molar-refractivity contribution in [3.05, 3.63) is 39.3 Å². The molecule has 3 nitrogen and oxygen atoms in total. The van der Waals surface area contributed by atoms with Crippen molar-refractivity contribution in [3.8, 4) is 0 Å². The van der Waals surface area contributed by atoms with Crippen LogP contribution >= 0.6 is 0 Å². The zero-order valence-electron chi connectivity index (χ0n) is 8.53. The highest BCUT2D eigenvalue weighted by Gasteiger charge is 2.17. The van der Waals surface area contributed by atoms with Crippen LogP contribution in [0.25, 0.3) is 6.08 Å². The smallest absolute Gasteiger partial charge is 0.257 e. The first-order valence-electron chi connectivity index (χ1n) is 5.36. The molecule has 0 aromatic carbocycles. The van der Waals surface area contributed by atoms with Gasteiger partial charge in [0.1, 0.15) is 0 Å². The molecular weight excluding hydrogens is 190 g/mol. The summed E-state index contributed by atoms with van der Waals surface area (Å²) >= 11 is 0. The number of aromatic nitrogens is 1. The van der Waals surface area contributed by atoms with Gasteiger partial charge in [-0.15, -0.1) is 0 Å². The fourth-order valence-corrected chi connectivity index (χ4v) is 2.28. The van der Waals surface area contributed by atoms with E-state index in [1.807, 2.05) is 16.7 Å². The Morgan fingerprint density at radius 3 is 3.27 bits per heavy atom. The molecule has 15 heavy (non-hydrogen) atoms. The van der Waals surface area contributed by atoms with Gasteiger partial charge in [0.25, 0.3) is 5.56 Å². The van der Waals surface area contributed by atoms with Crippen LogP contribution in [0, 0.1) is 0 Å². The zero-order chi connectivity index (χ0) is 10.3. The van der Waals surface area contributed by atoms with Crippen molar-refractivity contribution in [2.75, 3.05) is 6.61 Å². The average molecular weight is 203 g/mol. The summed E-state index contributed by atoms with van der Waals surface area (Å²) < 4.78 is 7.24. The van der Waals surface area contributed by atoms with Crippen LogP contribution in [-0.4, -0.2) is 11.2 Å². The van der Waals surface area contributed by atoms with E-state index in [4.69, 9.17) is 4.74 Å². The lowest BCUT2D eigenvalue weighted by atomic mass is 10.1. The molecule has 0 radical (unpaired) electrons. The number of hydrogen-bond acceptors (Lipinski definition) is 2. The van der Waals surface area contributed by atoms with Crippen molar-refractivity contribution >= 4 is 6.08 Å². The van der Waals surface area contributed by atoms with E-state index >= 15 is 0 Å². The van der Waals surface area contributed by atoms with Crippen LogP contribution in [0.4, 0.5) is 0 Å². The Hall–Kier alpha value is -1.35. The summed E-state index contributed by atoms with van der Waals surface area (Å²) in [5.41, 5.74) is 3.21. The molecule has 1 aromatic rings. The molecule has 3 heterocycles. The van der Waals surface area contributed by atoms with E-state index in [2.05, 4.69) is 6.07 Å². The van der Waals surface area contributed by atoms with Crippen LogP contribution in [0.5, 0.6) is 0 Å². The molecule has 0 N–H and O–H groups in total. The number of fused-ring (bicyclic) bond motifs is 2. The van der Waals surface area contributed by atoms with Crippen LogP contribution in [0.15, 0.2) is 16.9 Å². The molecule has 0 saturated heterocycles. The fraction of sp³-hybridized carbons (Fsp3) is 0.417. The van der Waals surface area contributed by atoms with Crippen molar-refractivity contribution in [2.45, 2.75) is 26.0 Å². The summed E-state index contributed by atoms with van der Waals surface area (Å²) in [5, 5.41) is 0. The molecular formula is C12H13NO2. The number of hydrogen-bond donors (Lipinski definition) is 0. The van der Waals surface area contributed by atoms with Crippen LogP contribution in [0.2, 0.25) is 0 Å². The molecule has 0 aliphatic carbocycles. The first-order valence-corrected chi connectivity index (χ1v) is 5.36. The third kappa shape index (κ3) is 1.35. The molecule has 3 rings (SSSR count). The molecule has 0 amide bonds. The van der Waals surface area contributed by atoms with Gasteiger partial charge in [0.05, 0.1) is 6.61 Å². The molecule has 0 fully saturated rings. The molecule has 0 saturated carbocycles. The summed E-state index contributed by atoms with van der Waals surface area (Å²) in [6.07, 6.45) is 6.02. The number of allylic oxidation sites excluding steroid dienone is 1. The second-order valence-corrected chi connectivity index (χ2v) is 4.05. The molecule has 1 aromatic heterocycles. The van der Waals surface area contributed by atoms with E-state index in [1.165, 1.54) is 5.56 Å². The zero-order valence-corrected chi connectivity index (χ0v) is 8.53. The van der Waals surface area contributed by atoms with Crippen LogP contribution in [0.3, 0.4) is 0 Å². The SMILES string of the molecule is O=c1c2c(cc3n1CC=C3)CCCOC2. The Morgan fingerprint density at radius 2 is 2.33 bits per heavy atom. The molecule has 0 unspecified atom stereocenters. The van der Waals surface area contributed by atoms with E-state index < -0.39 is 0 Å². The van der Waals surface area contributed by atoms with Gasteiger partial charge in [-0.2, -0.15) is 0 Å². The first kappa shape index (κ1) is 8.92. The Bertz CT molecular complexity index is 485. The second kappa shape index (κ2) is 3.35. The van der Waals surface area contributed by atoms with E-state index in [9.17, 15) is 4.79 Å². The number of aryl methyl sites for hydroxylation is 1. The van der Waals surface area contributed by atoms with Crippen LogP contribution in [0.1, 0.15) is 23.2 Å². The highest BCUT2D eigenvalue weighted by molar-refractivity contribution is 5.51. The predicted molar refractivity (Wildman–Crippen MR) is 57.7 cm³/mol. The van der Waals surface area contributed by atoms with Gasteiger partial charge in [0.2, 0.25) is 0 Å². The van der Waals surface area contributed by atoms with Crippen molar-refractivity contribution in [2.24, 2.45) is 0 Å².